The topological polar surface area (TPSA) is 39.9 Å². The van der Waals surface area contributed by atoms with E-state index in [0.717, 1.165) is 25.4 Å². The molecule has 15 heavy (non-hydrogen) atoms. The number of likely N-dealkylation sites (N-methyl/N-ethyl adjacent to an activating group) is 2. The summed E-state index contributed by atoms with van der Waals surface area (Å²) < 4.78 is 5.40. The van der Waals surface area contributed by atoms with E-state index in [1.165, 1.54) is 0 Å². The molecule has 0 radical (unpaired) electrons. The monoisotopic (exact) mass is 212 g/mol. The zero-order valence-corrected chi connectivity index (χ0v) is 9.73. The van der Waals surface area contributed by atoms with Crippen LogP contribution in [0.3, 0.4) is 0 Å². The Kier molecular flexibility index (Phi) is 4.81. The maximum Gasteiger partial charge on any atom is 0.129 e. The molecule has 4 nitrogen and oxygen atoms in total. The van der Waals surface area contributed by atoms with Crippen molar-refractivity contribution in [2.45, 2.75) is 13.2 Å². The molecular formula is C11H20N2O2. The van der Waals surface area contributed by atoms with E-state index in [4.69, 9.17) is 9.52 Å². The quantitative estimate of drug-likeness (QED) is 0.756. The predicted molar refractivity (Wildman–Crippen MR) is 59.5 cm³/mol. The van der Waals surface area contributed by atoms with Crippen LogP contribution in [-0.2, 0) is 13.2 Å². The van der Waals surface area contributed by atoms with Crippen LogP contribution in [-0.4, -0.2) is 49.1 Å². The molecule has 0 aliphatic rings. The summed E-state index contributed by atoms with van der Waals surface area (Å²) in [5.41, 5.74) is 0. The molecule has 0 saturated heterocycles. The lowest BCUT2D eigenvalue weighted by molar-refractivity contribution is 0.226. The van der Waals surface area contributed by atoms with E-state index in [-0.39, 0.29) is 6.61 Å². The van der Waals surface area contributed by atoms with E-state index in [1.807, 2.05) is 12.1 Å². The van der Waals surface area contributed by atoms with Gasteiger partial charge in [-0.3, -0.25) is 4.90 Å². The van der Waals surface area contributed by atoms with Gasteiger partial charge in [0.15, 0.2) is 0 Å². The van der Waals surface area contributed by atoms with Gasteiger partial charge < -0.3 is 14.4 Å². The van der Waals surface area contributed by atoms with Crippen molar-refractivity contribution in [2.24, 2.45) is 0 Å². The second-order valence-corrected chi connectivity index (χ2v) is 4.07. The molecule has 1 aromatic heterocycles. The highest BCUT2D eigenvalue weighted by atomic mass is 16.4. The fraction of sp³-hybridized carbons (Fsp3) is 0.636. The molecule has 0 fully saturated rings. The predicted octanol–water partition coefficient (Wildman–Crippen LogP) is 0.765. The number of hydrogen-bond acceptors (Lipinski definition) is 4. The van der Waals surface area contributed by atoms with Crippen LogP contribution < -0.4 is 0 Å². The first kappa shape index (κ1) is 12.2. The molecule has 1 N–H and O–H groups in total. The molecule has 1 rings (SSSR count). The number of rotatable bonds is 6. The summed E-state index contributed by atoms with van der Waals surface area (Å²) in [7, 11) is 6.18. The summed E-state index contributed by atoms with van der Waals surface area (Å²) in [6.07, 6.45) is 0. The third-order valence-corrected chi connectivity index (χ3v) is 2.23. The average Bonchev–Trinajstić information content (AvgIpc) is 2.62. The number of aliphatic hydroxyl groups excluding tert-OH is 1. The Morgan fingerprint density at radius 3 is 2.33 bits per heavy atom. The molecule has 0 bridgehead atoms. The highest BCUT2D eigenvalue weighted by Gasteiger charge is 2.05. The van der Waals surface area contributed by atoms with Crippen molar-refractivity contribution < 1.29 is 9.52 Å². The lowest BCUT2D eigenvalue weighted by Crippen LogP contribution is -2.28. The van der Waals surface area contributed by atoms with Crippen LogP contribution in [0.25, 0.3) is 0 Å². The van der Waals surface area contributed by atoms with E-state index in [0.29, 0.717) is 5.76 Å². The molecule has 0 aliphatic heterocycles. The van der Waals surface area contributed by atoms with Gasteiger partial charge in [0.1, 0.15) is 18.1 Å². The summed E-state index contributed by atoms with van der Waals surface area (Å²) in [5.74, 6) is 1.53. The largest absolute Gasteiger partial charge is 0.462 e. The van der Waals surface area contributed by atoms with Gasteiger partial charge in [0.25, 0.3) is 0 Å². The number of nitrogens with zero attached hydrogens (tertiary/aromatic N) is 2. The molecule has 0 spiro atoms. The maximum absolute atomic E-state index is 8.85. The molecule has 0 aliphatic carbocycles. The van der Waals surface area contributed by atoms with Crippen LogP contribution in [0.1, 0.15) is 11.5 Å². The van der Waals surface area contributed by atoms with Gasteiger partial charge in [0, 0.05) is 13.1 Å². The molecule has 4 heteroatoms. The summed E-state index contributed by atoms with van der Waals surface area (Å²) in [5, 5.41) is 8.85. The first-order valence-electron chi connectivity index (χ1n) is 5.13. The van der Waals surface area contributed by atoms with Crippen molar-refractivity contribution in [3.63, 3.8) is 0 Å². The fourth-order valence-electron chi connectivity index (χ4n) is 1.31. The van der Waals surface area contributed by atoms with Crippen LogP contribution >= 0.6 is 0 Å². The summed E-state index contributed by atoms with van der Waals surface area (Å²) in [6, 6.07) is 3.73. The van der Waals surface area contributed by atoms with Gasteiger partial charge in [0.2, 0.25) is 0 Å². The van der Waals surface area contributed by atoms with E-state index in [1.54, 1.807) is 0 Å². The molecule has 0 unspecified atom stereocenters. The Labute approximate surface area is 91.1 Å². The van der Waals surface area contributed by atoms with E-state index in [2.05, 4.69) is 30.9 Å². The van der Waals surface area contributed by atoms with Gasteiger partial charge >= 0.3 is 0 Å². The minimum atomic E-state index is -0.0264. The van der Waals surface area contributed by atoms with Gasteiger partial charge in [0.05, 0.1) is 6.54 Å². The summed E-state index contributed by atoms with van der Waals surface area (Å²) in [6.45, 7) is 2.79. The lowest BCUT2D eigenvalue weighted by Gasteiger charge is -2.17. The second-order valence-electron chi connectivity index (χ2n) is 4.07. The third-order valence-electron chi connectivity index (χ3n) is 2.23. The Morgan fingerprint density at radius 1 is 1.13 bits per heavy atom. The van der Waals surface area contributed by atoms with Crippen LogP contribution in [0.4, 0.5) is 0 Å². The van der Waals surface area contributed by atoms with E-state index < -0.39 is 0 Å². The van der Waals surface area contributed by atoms with Gasteiger partial charge in [-0.1, -0.05) is 0 Å². The van der Waals surface area contributed by atoms with Crippen LogP contribution in [0.2, 0.25) is 0 Å². The first-order valence-corrected chi connectivity index (χ1v) is 5.13. The van der Waals surface area contributed by atoms with Crippen molar-refractivity contribution in [2.75, 3.05) is 34.2 Å². The summed E-state index contributed by atoms with van der Waals surface area (Å²) >= 11 is 0. The Bertz CT molecular complexity index is 284. The fourth-order valence-corrected chi connectivity index (χ4v) is 1.31. The highest BCUT2D eigenvalue weighted by Crippen LogP contribution is 2.09. The smallest absolute Gasteiger partial charge is 0.129 e. The van der Waals surface area contributed by atoms with Crippen LogP contribution in [0.5, 0.6) is 0 Å². The lowest BCUT2D eigenvalue weighted by atomic mass is 10.4. The first-order chi connectivity index (χ1) is 7.11. The van der Waals surface area contributed by atoms with Gasteiger partial charge in [-0.15, -0.1) is 0 Å². The van der Waals surface area contributed by atoms with Crippen molar-refractivity contribution in [3.8, 4) is 0 Å². The zero-order chi connectivity index (χ0) is 11.3. The Morgan fingerprint density at radius 2 is 1.80 bits per heavy atom. The van der Waals surface area contributed by atoms with Gasteiger partial charge in [-0.2, -0.15) is 0 Å². The number of hydrogen-bond donors (Lipinski definition) is 1. The minimum Gasteiger partial charge on any atom is -0.462 e. The number of aliphatic hydroxyl groups is 1. The molecule has 86 valence electrons. The third kappa shape index (κ3) is 4.46. The van der Waals surface area contributed by atoms with Gasteiger partial charge in [-0.05, 0) is 33.3 Å². The molecule has 0 amide bonds. The van der Waals surface area contributed by atoms with Gasteiger partial charge in [-0.25, -0.2) is 0 Å². The van der Waals surface area contributed by atoms with Crippen molar-refractivity contribution in [1.29, 1.82) is 0 Å². The van der Waals surface area contributed by atoms with Crippen molar-refractivity contribution >= 4 is 0 Å². The zero-order valence-electron chi connectivity index (χ0n) is 9.73. The highest BCUT2D eigenvalue weighted by molar-refractivity contribution is 5.06. The Balaban J connectivity index is 2.33. The van der Waals surface area contributed by atoms with E-state index >= 15 is 0 Å². The molecule has 1 heterocycles. The molecule has 0 aromatic carbocycles. The summed E-state index contributed by atoms with van der Waals surface area (Å²) in [4.78, 5) is 4.35. The average molecular weight is 212 g/mol. The minimum absolute atomic E-state index is 0.0264. The van der Waals surface area contributed by atoms with E-state index in [9.17, 15) is 0 Å². The van der Waals surface area contributed by atoms with Crippen LogP contribution in [0.15, 0.2) is 16.5 Å². The SMILES string of the molecule is CN(C)CCN(C)Cc1ccc(CO)o1. The standard InChI is InChI=1S/C11H20N2O2/c1-12(2)6-7-13(3)8-10-4-5-11(9-14)15-10/h4-5,14H,6-9H2,1-3H3. The normalized spacial score (nSPS) is 11.6. The Hall–Kier alpha value is -0.840. The second kappa shape index (κ2) is 5.90. The molecule has 1 aromatic rings. The molecular weight excluding hydrogens is 192 g/mol. The molecule has 0 saturated carbocycles. The maximum atomic E-state index is 8.85. The van der Waals surface area contributed by atoms with Crippen molar-refractivity contribution in [3.05, 3.63) is 23.7 Å². The molecule has 0 atom stereocenters. The van der Waals surface area contributed by atoms with Crippen molar-refractivity contribution in [1.82, 2.24) is 9.80 Å². The number of furan rings is 1. The van der Waals surface area contributed by atoms with Crippen LogP contribution in [0, 0.1) is 0 Å².